The second kappa shape index (κ2) is 12.4. The van der Waals surface area contributed by atoms with Crippen LogP contribution in [0.1, 0.15) is 51.2 Å². The van der Waals surface area contributed by atoms with Crippen LogP contribution in [0.3, 0.4) is 0 Å². The Balaban J connectivity index is 1.63. The quantitative estimate of drug-likeness (QED) is 0.347. The second-order valence-electron chi connectivity index (χ2n) is 7.60. The van der Waals surface area contributed by atoms with Gasteiger partial charge in [-0.15, -0.1) is 0 Å². The van der Waals surface area contributed by atoms with Gasteiger partial charge in [-0.05, 0) is 36.8 Å². The van der Waals surface area contributed by atoms with E-state index in [1.807, 2.05) is 24.0 Å². The van der Waals surface area contributed by atoms with Gasteiger partial charge in [-0.3, -0.25) is 9.79 Å². The molecule has 1 amide bonds. The summed E-state index contributed by atoms with van der Waals surface area (Å²) in [7, 11) is 0. The Hall–Kier alpha value is -2.08. The fourth-order valence-electron chi connectivity index (χ4n) is 3.09. The van der Waals surface area contributed by atoms with Gasteiger partial charge in [0.15, 0.2) is 5.96 Å². The third-order valence-electron chi connectivity index (χ3n) is 4.73. The lowest BCUT2D eigenvalue weighted by Gasteiger charge is -2.15. The molecule has 156 valence electrons. The number of carbonyl (C=O) groups excluding carboxylic acids is 1. The zero-order valence-corrected chi connectivity index (χ0v) is 17.7. The van der Waals surface area contributed by atoms with Crippen LogP contribution < -0.4 is 10.6 Å². The number of nitrogens with one attached hydrogen (secondary N) is 2. The van der Waals surface area contributed by atoms with Crippen molar-refractivity contribution in [2.45, 2.75) is 53.1 Å². The highest BCUT2D eigenvalue weighted by molar-refractivity contribution is 5.80. The summed E-state index contributed by atoms with van der Waals surface area (Å²) in [6.07, 6.45) is 2.38. The lowest BCUT2D eigenvalue weighted by molar-refractivity contribution is -0.131. The Morgan fingerprint density at radius 1 is 1.18 bits per heavy atom. The third kappa shape index (κ3) is 7.89. The van der Waals surface area contributed by atoms with E-state index in [0.717, 1.165) is 51.6 Å². The van der Waals surface area contributed by atoms with Crippen LogP contribution in [0, 0.1) is 5.92 Å². The smallest absolute Gasteiger partial charge is 0.223 e. The fraction of sp³-hybridized carbons (Fsp3) is 0.636. The summed E-state index contributed by atoms with van der Waals surface area (Å²) in [6.45, 7) is 11.6. The van der Waals surface area contributed by atoms with Crippen LogP contribution >= 0.6 is 0 Å². The standard InChI is InChI=1S/C22H36N4O2/c1-4-23-22(25-13-15-28-14-11-18(2)3)24-12-7-10-21(27)26-16-19-8-5-6-9-20(19)17-26/h5-6,8-9,18H,4,7,10-17H2,1-3H3,(H2,23,24,25). The van der Waals surface area contributed by atoms with Crippen molar-refractivity contribution in [2.75, 3.05) is 32.8 Å². The summed E-state index contributed by atoms with van der Waals surface area (Å²) in [5, 5.41) is 6.52. The number of ether oxygens (including phenoxy) is 1. The van der Waals surface area contributed by atoms with E-state index in [4.69, 9.17) is 4.74 Å². The molecule has 1 aromatic rings. The van der Waals surface area contributed by atoms with Gasteiger partial charge in [0.2, 0.25) is 5.91 Å². The number of benzene rings is 1. The summed E-state index contributed by atoms with van der Waals surface area (Å²) in [5.74, 6) is 1.67. The van der Waals surface area contributed by atoms with Crippen LogP contribution in [-0.4, -0.2) is 49.6 Å². The number of rotatable bonds is 11. The molecule has 2 rings (SSSR count). The molecule has 0 aliphatic carbocycles. The van der Waals surface area contributed by atoms with Crippen molar-refractivity contribution in [3.05, 3.63) is 35.4 Å². The average molecular weight is 389 g/mol. The summed E-state index contributed by atoms with van der Waals surface area (Å²) >= 11 is 0. The molecule has 1 heterocycles. The maximum Gasteiger partial charge on any atom is 0.223 e. The SMILES string of the molecule is CCNC(=NCCCC(=O)N1Cc2ccccc2C1)NCCOCCC(C)C. The van der Waals surface area contributed by atoms with Crippen molar-refractivity contribution in [2.24, 2.45) is 10.9 Å². The van der Waals surface area contributed by atoms with E-state index in [9.17, 15) is 4.79 Å². The minimum Gasteiger partial charge on any atom is -0.380 e. The van der Waals surface area contributed by atoms with Gasteiger partial charge in [-0.25, -0.2) is 0 Å². The molecule has 6 nitrogen and oxygen atoms in total. The minimum atomic E-state index is 0.211. The predicted octanol–water partition coefficient (Wildman–Crippen LogP) is 2.93. The number of hydrogen-bond donors (Lipinski definition) is 2. The number of carbonyl (C=O) groups is 1. The molecule has 0 radical (unpaired) electrons. The molecule has 0 saturated heterocycles. The molecule has 0 spiro atoms. The molecular weight excluding hydrogens is 352 g/mol. The van der Waals surface area contributed by atoms with Crippen molar-refractivity contribution in [3.63, 3.8) is 0 Å². The van der Waals surface area contributed by atoms with Gasteiger partial charge in [-0.2, -0.15) is 0 Å². The van der Waals surface area contributed by atoms with Crippen molar-refractivity contribution < 1.29 is 9.53 Å². The molecule has 0 saturated carbocycles. The molecule has 0 unspecified atom stereocenters. The Labute approximate surface area is 169 Å². The summed E-state index contributed by atoms with van der Waals surface area (Å²) < 4.78 is 5.62. The van der Waals surface area contributed by atoms with E-state index < -0.39 is 0 Å². The van der Waals surface area contributed by atoms with Crippen LogP contribution in [-0.2, 0) is 22.6 Å². The van der Waals surface area contributed by atoms with Gasteiger partial charge in [0.05, 0.1) is 6.61 Å². The first-order valence-electron chi connectivity index (χ1n) is 10.5. The number of guanidine groups is 1. The Morgan fingerprint density at radius 3 is 2.54 bits per heavy atom. The second-order valence-corrected chi connectivity index (χ2v) is 7.60. The normalized spacial score (nSPS) is 13.7. The monoisotopic (exact) mass is 388 g/mol. The first-order valence-corrected chi connectivity index (χ1v) is 10.5. The molecule has 2 N–H and O–H groups in total. The first kappa shape index (κ1) is 22.2. The van der Waals surface area contributed by atoms with E-state index in [1.54, 1.807) is 0 Å². The predicted molar refractivity (Wildman–Crippen MR) is 114 cm³/mol. The molecular formula is C22H36N4O2. The highest BCUT2D eigenvalue weighted by atomic mass is 16.5. The van der Waals surface area contributed by atoms with Gasteiger partial charge >= 0.3 is 0 Å². The van der Waals surface area contributed by atoms with E-state index in [0.29, 0.717) is 25.5 Å². The zero-order chi connectivity index (χ0) is 20.2. The molecule has 0 fully saturated rings. The van der Waals surface area contributed by atoms with Crippen LogP contribution in [0.25, 0.3) is 0 Å². The molecule has 1 aliphatic rings. The summed E-state index contributed by atoms with van der Waals surface area (Å²) in [5.41, 5.74) is 2.53. The van der Waals surface area contributed by atoms with Crippen molar-refractivity contribution >= 4 is 11.9 Å². The van der Waals surface area contributed by atoms with Gasteiger partial charge < -0.3 is 20.3 Å². The lowest BCUT2D eigenvalue weighted by atomic mass is 10.1. The maximum atomic E-state index is 12.4. The minimum absolute atomic E-state index is 0.211. The number of nitrogens with zero attached hydrogens (tertiary/aromatic N) is 2. The first-order chi connectivity index (χ1) is 13.6. The number of hydrogen-bond acceptors (Lipinski definition) is 3. The van der Waals surface area contributed by atoms with E-state index in [-0.39, 0.29) is 5.91 Å². The summed E-state index contributed by atoms with van der Waals surface area (Å²) in [6, 6.07) is 8.28. The highest BCUT2D eigenvalue weighted by Gasteiger charge is 2.22. The van der Waals surface area contributed by atoms with Crippen molar-refractivity contribution in [1.82, 2.24) is 15.5 Å². The van der Waals surface area contributed by atoms with Crippen LogP contribution in [0.2, 0.25) is 0 Å². The molecule has 28 heavy (non-hydrogen) atoms. The lowest BCUT2D eigenvalue weighted by Crippen LogP contribution is -2.39. The molecule has 1 aliphatic heterocycles. The van der Waals surface area contributed by atoms with Gasteiger partial charge in [-0.1, -0.05) is 38.1 Å². The van der Waals surface area contributed by atoms with Crippen LogP contribution in [0.5, 0.6) is 0 Å². The Kier molecular flexibility index (Phi) is 9.83. The fourth-order valence-corrected chi connectivity index (χ4v) is 3.09. The van der Waals surface area contributed by atoms with Gasteiger partial charge in [0.25, 0.3) is 0 Å². The van der Waals surface area contributed by atoms with Crippen LogP contribution in [0.4, 0.5) is 0 Å². The average Bonchev–Trinajstić information content (AvgIpc) is 3.11. The van der Waals surface area contributed by atoms with Gasteiger partial charge in [0.1, 0.15) is 0 Å². The molecule has 1 aromatic carbocycles. The topological polar surface area (TPSA) is 66.0 Å². The number of aliphatic imine (C=N–C) groups is 1. The molecule has 6 heteroatoms. The zero-order valence-electron chi connectivity index (χ0n) is 17.7. The maximum absolute atomic E-state index is 12.4. The highest BCUT2D eigenvalue weighted by Crippen LogP contribution is 2.22. The van der Waals surface area contributed by atoms with E-state index in [1.165, 1.54) is 11.1 Å². The van der Waals surface area contributed by atoms with E-state index in [2.05, 4.69) is 41.6 Å². The van der Waals surface area contributed by atoms with Gasteiger partial charge in [0, 0.05) is 45.8 Å². The number of fused-ring (bicyclic) bond motifs is 1. The van der Waals surface area contributed by atoms with Crippen LogP contribution in [0.15, 0.2) is 29.3 Å². The van der Waals surface area contributed by atoms with E-state index >= 15 is 0 Å². The Bertz CT molecular complexity index is 606. The molecule has 0 aromatic heterocycles. The summed E-state index contributed by atoms with van der Waals surface area (Å²) in [4.78, 5) is 18.9. The molecule has 0 bridgehead atoms. The van der Waals surface area contributed by atoms with Crippen molar-refractivity contribution in [3.8, 4) is 0 Å². The largest absolute Gasteiger partial charge is 0.380 e. The Morgan fingerprint density at radius 2 is 1.89 bits per heavy atom. The number of amides is 1. The van der Waals surface area contributed by atoms with Crippen molar-refractivity contribution in [1.29, 1.82) is 0 Å². The molecule has 0 atom stereocenters. The third-order valence-corrected chi connectivity index (χ3v) is 4.73.